The van der Waals surface area contributed by atoms with Crippen LogP contribution in [0.4, 0.5) is 0 Å². The smallest absolute Gasteiger partial charge is 0.224 e. The first kappa shape index (κ1) is 17.5. The average Bonchev–Trinajstić information content (AvgIpc) is 2.45. The second-order valence-electron chi connectivity index (χ2n) is 5.12. The third-order valence-electron chi connectivity index (χ3n) is 3.34. The lowest BCUT2D eigenvalue weighted by Gasteiger charge is -2.13. The van der Waals surface area contributed by atoms with E-state index < -0.39 is 0 Å². The normalized spacial score (nSPS) is 11.7. The topological polar surface area (TPSA) is 41.1 Å². The second kappa shape index (κ2) is 8.65. The van der Waals surface area contributed by atoms with Gasteiger partial charge in [0.05, 0.1) is 6.42 Å². The number of halogens is 1. The van der Waals surface area contributed by atoms with Crippen LogP contribution in [0.2, 0.25) is 0 Å². The summed E-state index contributed by atoms with van der Waals surface area (Å²) in [4.78, 5) is 11.9. The zero-order chi connectivity index (χ0) is 14.4. The van der Waals surface area contributed by atoms with Crippen molar-refractivity contribution < 1.29 is 4.79 Å². The van der Waals surface area contributed by atoms with Gasteiger partial charge in [0.25, 0.3) is 0 Å². The van der Waals surface area contributed by atoms with Crippen LogP contribution < -0.4 is 10.6 Å². The zero-order valence-corrected chi connectivity index (χ0v) is 13.4. The molecule has 2 rings (SSSR count). The lowest BCUT2D eigenvalue weighted by atomic mass is 10.0. The third-order valence-corrected chi connectivity index (χ3v) is 3.34. The predicted molar refractivity (Wildman–Crippen MR) is 91.0 cm³/mol. The molecule has 0 aliphatic heterocycles. The van der Waals surface area contributed by atoms with Gasteiger partial charge in [0.1, 0.15) is 0 Å². The maximum atomic E-state index is 11.9. The van der Waals surface area contributed by atoms with Gasteiger partial charge in [-0.1, -0.05) is 49.4 Å². The van der Waals surface area contributed by atoms with Crippen molar-refractivity contribution >= 4 is 29.1 Å². The van der Waals surface area contributed by atoms with Crippen molar-refractivity contribution in [2.45, 2.75) is 26.3 Å². The summed E-state index contributed by atoms with van der Waals surface area (Å²) in [5, 5.41) is 8.62. The average molecular weight is 307 g/mol. The van der Waals surface area contributed by atoms with Crippen LogP contribution in [-0.2, 0) is 11.2 Å². The highest BCUT2D eigenvalue weighted by molar-refractivity contribution is 5.85. The molecule has 0 radical (unpaired) electrons. The minimum Gasteiger partial charge on any atom is -0.354 e. The number of nitrogens with one attached hydrogen (secondary N) is 2. The number of fused-ring (bicyclic) bond motifs is 1. The first-order valence-corrected chi connectivity index (χ1v) is 7.17. The van der Waals surface area contributed by atoms with E-state index in [0.717, 1.165) is 12.1 Å². The van der Waals surface area contributed by atoms with Gasteiger partial charge in [0.15, 0.2) is 0 Å². The van der Waals surface area contributed by atoms with E-state index in [1.54, 1.807) is 0 Å². The van der Waals surface area contributed by atoms with Crippen LogP contribution in [-0.4, -0.2) is 25.0 Å². The van der Waals surface area contributed by atoms with Gasteiger partial charge in [-0.05, 0) is 29.8 Å². The van der Waals surface area contributed by atoms with Gasteiger partial charge in [-0.15, -0.1) is 12.4 Å². The SMILES string of the molecule is CCN[C@H](C)CNC(=O)Cc1ccc2ccccc2c1.Cl. The maximum Gasteiger partial charge on any atom is 0.224 e. The third kappa shape index (κ3) is 5.37. The van der Waals surface area contributed by atoms with E-state index in [-0.39, 0.29) is 18.3 Å². The van der Waals surface area contributed by atoms with Crippen molar-refractivity contribution in [3.63, 3.8) is 0 Å². The minimum absolute atomic E-state index is 0. The lowest BCUT2D eigenvalue weighted by molar-refractivity contribution is -0.120. The van der Waals surface area contributed by atoms with Crippen LogP contribution in [0.15, 0.2) is 42.5 Å². The molecule has 0 heterocycles. The van der Waals surface area contributed by atoms with Crippen molar-refractivity contribution in [1.82, 2.24) is 10.6 Å². The Morgan fingerprint density at radius 2 is 1.86 bits per heavy atom. The van der Waals surface area contributed by atoms with E-state index >= 15 is 0 Å². The first-order valence-electron chi connectivity index (χ1n) is 7.17. The lowest BCUT2D eigenvalue weighted by Crippen LogP contribution is -2.39. The standard InChI is InChI=1S/C17H22N2O.ClH/c1-3-18-13(2)12-19-17(20)11-14-8-9-15-6-4-5-7-16(15)10-14;/h4-10,13,18H,3,11-12H2,1-2H3,(H,19,20);1H/t13-;/m1./s1. The summed E-state index contributed by atoms with van der Waals surface area (Å²) in [6, 6.07) is 14.7. The quantitative estimate of drug-likeness (QED) is 0.861. The summed E-state index contributed by atoms with van der Waals surface area (Å²) in [5.74, 6) is 0.0741. The summed E-state index contributed by atoms with van der Waals surface area (Å²) in [5.41, 5.74) is 1.05. The highest BCUT2D eigenvalue weighted by Gasteiger charge is 2.06. The Kier molecular flexibility index (Phi) is 7.20. The van der Waals surface area contributed by atoms with E-state index in [9.17, 15) is 4.79 Å². The molecule has 0 aliphatic rings. The monoisotopic (exact) mass is 306 g/mol. The molecule has 2 aromatic carbocycles. The molecule has 21 heavy (non-hydrogen) atoms. The van der Waals surface area contributed by atoms with Crippen LogP contribution in [0.1, 0.15) is 19.4 Å². The Morgan fingerprint density at radius 1 is 1.14 bits per heavy atom. The van der Waals surface area contributed by atoms with E-state index in [0.29, 0.717) is 19.0 Å². The number of likely N-dealkylation sites (N-methyl/N-ethyl adjacent to an activating group) is 1. The molecule has 1 atom stereocenters. The molecular weight excluding hydrogens is 284 g/mol. The number of rotatable bonds is 6. The minimum atomic E-state index is 0. The number of benzene rings is 2. The van der Waals surface area contributed by atoms with Crippen molar-refractivity contribution in [2.24, 2.45) is 0 Å². The molecule has 4 heteroatoms. The molecule has 3 nitrogen and oxygen atoms in total. The van der Waals surface area contributed by atoms with Crippen LogP contribution in [0.3, 0.4) is 0 Å². The molecule has 0 bridgehead atoms. The molecular formula is C17H23ClN2O. The van der Waals surface area contributed by atoms with Crippen LogP contribution in [0.5, 0.6) is 0 Å². The Labute approximate surface area is 132 Å². The number of hydrogen-bond acceptors (Lipinski definition) is 2. The van der Waals surface area contributed by atoms with Gasteiger partial charge in [-0.2, -0.15) is 0 Å². The summed E-state index contributed by atoms with van der Waals surface area (Å²) >= 11 is 0. The Hall–Kier alpha value is -1.58. The molecule has 0 aliphatic carbocycles. The molecule has 0 saturated heterocycles. The largest absolute Gasteiger partial charge is 0.354 e. The van der Waals surface area contributed by atoms with Gasteiger partial charge in [-0.25, -0.2) is 0 Å². The summed E-state index contributed by atoms with van der Waals surface area (Å²) in [6.07, 6.45) is 0.434. The molecule has 0 fully saturated rings. The fraction of sp³-hybridized carbons (Fsp3) is 0.353. The fourth-order valence-electron chi connectivity index (χ4n) is 2.28. The number of carbonyl (C=O) groups excluding carboxylic acids is 1. The molecule has 0 unspecified atom stereocenters. The van der Waals surface area contributed by atoms with E-state index in [1.807, 2.05) is 18.2 Å². The molecule has 0 spiro atoms. The predicted octanol–water partition coefficient (Wildman–Crippen LogP) is 2.92. The maximum absolute atomic E-state index is 11.9. The molecule has 2 aromatic rings. The molecule has 1 amide bonds. The Balaban J connectivity index is 0.00000220. The summed E-state index contributed by atoms with van der Waals surface area (Å²) < 4.78 is 0. The molecule has 2 N–H and O–H groups in total. The highest BCUT2D eigenvalue weighted by atomic mass is 35.5. The first-order chi connectivity index (χ1) is 9.69. The number of hydrogen-bond donors (Lipinski definition) is 2. The molecule has 114 valence electrons. The number of carbonyl (C=O) groups is 1. The van der Waals surface area contributed by atoms with Crippen LogP contribution in [0, 0.1) is 0 Å². The van der Waals surface area contributed by atoms with Crippen LogP contribution >= 0.6 is 12.4 Å². The zero-order valence-electron chi connectivity index (χ0n) is 12.6. The van der Waals surface area contributed by atoms with Gasteiger partial charge in [0.2, 0.25) is 5.91 Å². The van der Waals surface area contributed by atoms with Crippen molar-refractivity contribution in [3.8, 4) is 0 Å². The van der Waals surface area contributed by atoms with Crippen LogP contribution in [0.25, 0.3) is 10.8 Å². The Bertz CT molecular complexity index is 586. The van der Waals surface area contributed by atoms with Gasteiger partial charge < -0.3 is 10.6 Å². The van der Waals surface area contributed by atoms with E-state index in [2.05, 4.69) is 48.7 Å². The molecule has 0 saturated carbocycles. The number of amides is 1. The Morgan fingerprint density at radius 3 is 2.57 bits per heavy atom. The van der Waals surface area contributed by atoms with Crippen molar-refractivity contribution in [1.29, 1.82) is 0 Å². The van der Waals surface area contributed by atoms with Gasteiger partial charge in [0, 0.05) is 12.6 Å². The molecule has 0 aromatic heterocycles. The second-order valence-corrected chi connectivity index (χ2v) is 5.12. The highest BCUT2D eigenvalue weighted by Crippen LogP contribution is 2.15. The van der Waals surface area contributed by atoms with Gasteiger partial charge in [-0.3, -0.25) is 4.79 Å². The van der Waals surface area contributed by atoms with E-state index in [1.165, 1.54) is 10.8 Å². The van der Waals surface area contributed by atoms with Crippen molar-refractivity contribution in [2.75, 3.05) is 13.1 Å². The van der Waals surface area contributed by atoms with E-state index in [4.69, 9.17) is 0 Å². The van der Waals surface area contributed by atoms with Gasteiger partial charge >= 0.3 is 0 Å². The fourth-order valence-corrected chi connectivity index (χ4v) is 2.28. The van der Waals surface area contributed by atoms with Crippen molar-refractivity contribution in [3.05, 3.63) is 48.0 Å². The summed E-state index contributed by atoms with van der Waals surface area (Å²) in [7, 11) is 0. The summed E-state index contributed by atoms with van der Waals surface area (Å²) in [6.45, 7) is 5.72.